The Labute approximate surface area is 130 Å². The average Bonchev–Trinajstić information content (AvgIpc) is 2.83. The summed E-state index contributed by atoms with van der Waals surface area (Å²) in [6, 6.07) is 7.77. The lowest BCUT2D eigenvalue weighted by atomic mass is 10.00. The van der Waals surface area contributed by atoms with Crippen LogP contribution in [-0.2, 0) is 7.05 Å². The van der Waals surface area contributed by atoms with Gasteiger partial charge in [0.25, 0.3) is 0 Å². The highest BCUT2D eigenvalue weighted by Crippen LogP contribution is 2.33. The van der Waals surface area contributed by atoms with E-state index in [1.165, 1.54) is 12.1 Å². The Morgan fingerprint density at radius 2 is 1.76 bits per heavy atom. The second kappa shape index (κ2) is 5.42. The summed E-state index contributed by atoms with van der Waals surface area (Å²) in [6.07, 6.45) is 1.55. The molecule has 0 saturated heterocycles. The second-order valence-corrected chi connectivity index (χ2v) is 5.23. The molecule has 0 aliphatic carbocycles. The molecule has 0 unspecified atom stereocenters. The molecule has 1 aromatic carbocycles. The van der Waals surface area contributed by atoms with Gasteiger partial charge in [-0.3, -0.25) is 0 Å². The highest BCUT2D eigenvalue weighted by atomic mass is 35.5. The number of benzene rings is 1. The number of nitrogens with zero attached hydrogens (tertiary/aromatic N) is 4. The minimum Gasteiger partial charge on any atom is -0.317 e. The van der Waals surface area contributed by atoms with E-state index in [9.17, 15) is 4.39 Å². The summed E-state index contributed by atoms with van der Waals surface area (Å²) < 4.78 is 15.3. The third-order valence-electron chi connectivity index (χ3n) is 3.01. The second-order valence-electron chi connectivity index (χ2n) is 4.46. The van der Waals surface area contributed by atoms with Crippen LogP contribution in [-0.4, -0.2) is 19.7 Å². The molecule has 0 amide bonds. The summed E-state index contributed by atoms with van der Waals surface area (Å²) in [7, 11) is 1.79. The van der Waals surface area contributed by atoms with Gasteiger partial charge in [0, 0.05) is 12.6 Å². The Bertz CT molecular complexity index is 796. The minimum absolute atomic E-state index is 0.269. The van der Waals surface area contributed by atoms with Crippen LogP contribution >= 0.6 is 23.2 Å². The van der Waals surface area contributed by atoms with Crippen LogP contribution in [0.15, 0.2) is 36.7 Å². The molecule has 106 valence electrons. The lowest BCUT2D eigenvalue weighted by Gasteiger charge is -2.10. The van der Waals surface area contributed by atoms with Crippen molar-refractivity contribution >= 4 is 23.2 Å². The zero-order valence-corrected chi connectivity index (χ0v) is 12.4. The van der Waals surface area contributed by atoms with E-state index in [4.69, 9.17) is 23.2 Å². The summed E-state index contributed by atoms with van der Waals surface area (Å²) >= 11 is 11.9. The van der Waals surface area contributed by atoms with E-state index in [1.54, 1.807) is 36.1 Å². The molecule has 0 aliphatic rings. The Morgan fingerprint density at radius 3 is 2.38 bits per heavy atom. The maximum absolute atomic E-state index is 13.6. The van der Waals surface area contributed by atoms with Gasteiger partial charge in [-0.15, -0.1) is 10.2 Å². The Morgan fingerprint density at radius 1 is 1.05 bits per heavy atom. The van der Waals surface area contributed by atoms with Crippen LogP contribution in [0.5, 0.6) is 0 Å². The highest BCUT2D eigenvalue weighted by molar-refractivity contribution is 6.32. The van der Waals surface area contributed by atoms with Gasteiger partial charge in [-0.2, -0.15) is 0 Å². The first kappa shape index (κ1) is 14.0. The summed E-state index contributed by atoms with van der Waals surface area (Å²) in [5, 5.41) is 8.38. The molecule has 2 heterocycles. The fourth-order valence-corrected chi connectivity index (χ4v) is 2.56. The standard InChI is InChI=1S/C14H9Cl2FN4/c1-21-7-18-20-14(21)11-6-9(17)2-3-10(11)8-4-12(15)19-13(16)5-8/h2-7H,1H3. The van der Waals surface area contributed by atoms with E-state index in [1.807, 2.05) is 0 Å². The predicted octanol–water partition coefficient (Wildman–Crippen LogP) is 3.99. The summed E-state index contributed by atoms with van der Waals surface area (Å²) in [5.41, 5.74) is 2.09. The van der Waals surface area contributed by atoms with Crippen LogP contribution in [0.25, 0.3) is 22.5 Å². The van der Waals surface area contributed by atoms with Gasteiger partial charge in [-0.25, -0.2) is 9.37 Å². The van der Waals surface area contributed by atoms with E-state index in [-0.39, 0.29) is 16.1 Å². The summed E-state index contributed by atoms with van der Waals surface area (Å²) in [5.74, 6) is 0.191. The van der Waals surface area contributed by atoms with E-state index in [2.05, 4.69) is 15.2 Å². The number of hydrogen-bond acceptors (Lipinski definition) is 3. The van der Waals surface area contributed by atoms with Crippen LogP contribution < -0.4 is 0 Å². The molecule has 21 heavy (non-hydrogen) atoms. The molecular formula is C14H9Cl2FN4. The smallest absolute Gasteiger partial charge is 0.164 e. The topological polar surface area (TPSA) is 43.6 Å². The van der Waals surface area contributed by atoms with Gasteiger partial charge >= 0.3 is 0 Å². The van der Waals surface area contributed by atoms with Gasteiger partial charge in [0.2, 0.25) is 0 Å². The Hall–Kier alpha value is -1.98. The molecule has 3 aromatic rings. The van der Waals surface area contributed by atoms with Crippen LogP contribution in [0.1, 0.15) is 0 Å². The molecule has 7 heteroatoms. The van der Waals surface area contributed by atoms with E-state index >= 15 is 0 Å². The van der Waals surface area contributed by atoms with Gasteiger partial charge in [-0.05, 0) is 35.4 Å². The Balaban J connectivity index is 2.26. The molecule has 2 aromatic heterocycles. The molecule has 0 saturated carbocycles. The third kappa shape index (κ3) is 2.75. The van der Waals surface area contributed by atoms with Gasteiger partial charge in [0.15, 0.2) is 5.82 Å². The van der Waals surface area contributed by atoms with Crippen molar-refractivity contribution in [2.24, 2.45) is 7.05 Å². The van der Waals surface area contributed by atoms with Crippen molar-refractivity contribution in [1.29, 1.82) is 0 Å². The quantitative estimate of drug-likeness (QED) is 0.670. The van der Waals surface area contributed by atoms with Crippen LogP contribution in [0.2, 0.25) is 10.3 Å². The number of aryl methyl sites for hydroxylation is 1. The number of hydrogen-bond donors (Lipinski definition) is 0. The summed E-state index contributed by atoms with van der Waals surface area (Å²) in [6.45, 7) is 0. The van der Waals surface area contributed by atoms with Crippen molar-refractivity contribution < 1.29 is 4.39 Å². The third-order valence-corrected chi connectivity index (χ3v) is 3.39. The van der Waals surface area contributed by atoms with Crippen molar-refractivity contribution in [3.05, 3.63) is 52.8 Å². The molecule has 0 aliphatic heterocycles. The minimum atomic E-state index is -0.358. The van der Waals surface area contributed by atoms with Gasteiger partial charge in [0.1, 0.15) is 22.5 Å². The molecular weight excluding hydrogens is 314 g/mol. The fraction of sp³-hybridized carbons (Fsp3) is 0.0714. The average molecular weight is 323 g/mol. The first-order chi connectivity index (χ1) is 10.0. The molecule has 0 spiro atoms. The molecule has 4 nitrogen and oxygen atoms in total. The van der Waals surface area contributed by atoms with Crippen molar-refractivity contribution in [1.82, 2.24) is 19.7 Å². The van der Waals surface area contributed by atoms with Gasteiger partial charge in [0.05, 0.1) is 0 Å². The van der Waals surface area contributed by atoms with Crippen molar-refractivity contribution in [3.8, 4) is 22.5 Å². The SMILES string of the molecule is Cn1cnnc1-c1cc(F)ccc1-c1cc(Cl)nc(Cl)c1. The van der Waals surface area contributed by atoms with Gasteiger partial charge in [-0.1, -0.05) is 29.3 Å². The van der Waals surface area contributed by atoms with Crippen LogP contribution in [0, 0.1) is 5.82 Å². The lowest BCUT2D eigenvalue weighted by Crippen LogP contribution is -1.95. The van der Waals surface area contributed by atoms with Crippen molar-refractivity contribution in [2.75, 3.05) is 0 Å². The monoisotopic (exact) mass is 322 g/mol. The number of rotatable bonds is 2. The molecule has 3 rings (SSSR count). The normalized spacial score (nSPS) is 10.9. The maximum Gasteiger partial charge on any atom is 0.164 e. The first-order valence-electron chi connectivity index (χ1n) is 6.02. The number of aromatic nitrogens is 4. The van der Waals surface area contributed by atoms with Gasteiger partial charge < -0.3 is 4.57 Å². The fourth-order valence-electron chi connectivity index (χ4n) is 2.10. The largest absolute Gasteiger partial charge is 0.317 e. The zero-order valence-electron chi connectivity index (χ0n) is 10.9. The number of halogens is 3. The molecule has 0 atom stereocenters. The first-order valence-corrected chi connectivity index (χ1v) is 6.77. The lowest BCUT2D eigenvalue weighted by molar-refractivity contribution is 0.628. The van der Waals surface area contributed by atoms with Crippen molar-refractivity contribution in [2.45, 2.75) is 0 Å². The highest BCUT2D eigenvalue weighted by Gasteiger charge is 2.14. The Kier molecular flexibility index (Phi) is 3.61. The zero-order chi connectivity index (χ0) is 15.0. The van der Waals surface area contributed by atoms with E-state index in [0.717, 1.165) is 11.1 Å². The van der Waals surface area contributed by atoms with E-state index in [0.29, 0.717) is 11.4 Å². The summed E-state index contributed by atoms with van der Waals surface area (Å²) in [4.78, 5) is 3.91. The van der Waals surface area contributed by atoms with Crippen molar-refractivity contribution in [3.63, 3.8) is 0 Å². The molecule has 0 fully saturated rings. The number of pyridine rings is 1. The maximum atomic E-state index is 13.6. The van der Waals surface area contributed by atoms with Crippen LogP contribution in [0.4, 0.5) is 4.39 Å². The molecule has 0 radical (unpaired) electrons. The predicted molar refractivity (Wildman–Crippen MR) is 79.6 cm³/mol. The molecule has 0 N–H and O–H groups in total. The van der Waals surface area contributed by atoms with Crippen LogP contribution in [0.3, 0.4) is 0 Å². The molecule has 0 bridgehead atoms. The van der Waals surface area contributed by atoms with E-state index < -0.39 is 0 Å².